The molecule has 7 heteroatoms. The molecule has 0 amide bonds. The number of esters is 1. The van der Waals surface area contributed by atoms with Gasteiger partial charge < -0.3 is 4.74 Å². The van der Waals surface area contributed by atoms with E-state index in [2.05, 4.69) is 19.6 Å². The highest BCUT2D eigenvalue weighted by molar-refractivity contribution is 7.89. The van der Waals surface area contributed by atoms with Crippen molar-refractivity contribution in [3.63, 3.8) is 0 Å². The number of carbonyl (C=O) groups excluding carboxylic acids is 1. The standard InChI is InChI=1S/C16H25NO4SSi/c1-5-21-16(18)15-14(13-9-7-6-8-10-13)17(15)22(19,20)11-12-23(2,3)4/h6-10,14-15H,5,11-12H2,1-4H3. The summed E-state index contributed by atoms with van der Waals surface area (Å²) in [7, 11) is -4.94. The smallest absolute Gasteiger partial charge is 0.326 e. The van der Waals surface area contributed by atoms with Gasteiger partial charge in [-0.2, -0.15) is 4.31 Å². The first-order valence-corrected chi connectivity index (χ1v) is 13.2. The largest absolute Gasteiger partial charge is 0.465 e. The van der Waals surface area contributed by atoms with Crippen molar-refractivity contribution in [2.45, 2.75) is 44.7 Å². The summed E-state index contributed by atoms with van der Waals surface area (Å²) in [4.78, 5) is 12.1. The summed E-state index contributed by atoms with van der Waals surface area (Å²) >= 11 is 0. The fraction of sp³-hybridized carbons (Fsp3) is 0.562. The Labute approximate surface area is 139 Å². The van der Waals surface area contributed by atoms with E-state index in [1.807, 2.05) is 30.3 Å². The van der Waals surface area contributed by atoms with Crippen LogP contribution >= 0.6 is 0 Å². The zero-order valence-electron chi connectivity index (χ0n) is 14.2. The van der Waals surface area contributed by atoms with Crippen LogP contribution in [-0.4, -0.2) is 45.2 Å². The second-order valence-corrected chi connectivity index (χ2v) is 14.6. The molecule has 1 aromatic carbocycles. The minimum absolute atomic E-state index is 0.0992. The molecule has 0 spiro atoms. The third-order valence-electron chi connectivity index (χ3n) is 3.86. The van der Waals surface area contributed by atoms with Crippen LogP contribution in [0.1, 0.15) is 18.5 Å². The Kier molecular flexibility index (Phi) is 5.32. The van der Waals surface area contributed by atoms with Crippen molar-refractivity contribution in [3.05, 3.63) is 35.9 Å². The molecular weight excluding hydrogens is 330 g/mol. The van der Waals surface area contributed by atoms with Crippen molar-refractivity contribution in [3.8, 4) is 0 Å². The van der Waals surface area contributed by atoms with Crippen LogP contribution in [0.5, 0.6) is 0 Å². The van der Waals surface area contributed by atoms with Crippen LogP contribution in [0.15, 0.2) is 30.3 Å². The quantitative estimate of drug-likeness (QED) is 0.428. The van der Waals surface area contributed by atoms with Gasteiger partial charge in [0.25, 0.3) is 0 Å². The first-order valence-electron chi connectivity index (χ1n) is 7.90. The van der Waals surface area contributed by atoms with E-state index in [1.165, 1.54) is 4.31 Å². The summed E-state index contributed by atoms with van der Waals surface area (Å²) in [5, 5.41) is 0. The lowest BCUT2D eigenvalue weighted by atomic mass is 10.1. The molecule has 0 aromatic heterocycles. The fourth-order valence-corrected chi connectivity index (χ4v) is 7.31. The van der Waals surface area contributed by atoms with Gasteiger partial charge in [-0.25, -0.2) is 8.42 Å². The summed E-state index contributed by atoms with van der Waals surface area (Å²) in [6, 6.07) is 8.81. The fourth-order valence-electron chi connectivity index (χ4n) is 2.54. The molecule has 1 heterocycles. The Morgan fingerprint density at radius 3 is 2.35 bits per heavy atom. The van der Waals surface area contributed by atoms with Crippen LogP contribution in [0, 0.1) is 0 Å². The van der Waals surface area contributed by atoms with Crippen LogP contribution in [-0.2, 0) is 19.6 Å². The number of sulfonamides is 1. The predicted octanol–water partition coefficient (Wildman–Crippen LogP) is 2.64. The van der Waals surface area contributed by atoms with Crippen molar-refractivity contribution in [1.82, 2.24) is 4.31 Å². The first-order chi connectivity index (χ1) is 10.7. The molecule has 0 bridgehead atoms. The number of carbonyl (C=O) groups is 1. The highest BCUT2D eigenvalue weighted by atomic mass is 32.2. The predicted molar refractivity (Wildman–Crippen MR) is 93.4 cm³/mol. The summed E-state index contributed by atoms with van der Waals surface area (Å²) < 4.78 is 31.7. The molecule has 0 N–H and O–H groups in total. The summed E-state index contributed by atoms with van der Waals surface area (Å²) in [6.45, 7) is 8.40. The second kappa shape index (κ2) is 6.74. The monoisotopic (exact) mass is 355 g/mol. The highest BCUT2D eigenvalue weighted by Crippen LogP contribution is 2.46. The Morgan fingerprint density at radius 2 is 1.83 bits per heavy atom. The SMILES string of the molecule is CCOC(=O)C1C(c2ccccc2)N1S(=O)(=O)CC[Si](C)(C)C. The molecule has 0 aliphatic carbocycles. The van der Waals surface area contributed by atoms with Crippen molar-refractivity contribution in [2.75, 3.05) is 12.4 Å². The number of ether oxygens (including phenoxy) is 1. The molecule has 2 rings (SSSR count). The third-order valence-corrected chi connectivity index (χ3v) is 7.79. The molecule has 1 fully saturated rings. The van der Waals surface area contributed by atoms with E-state index in [4.69, 9.17) is 4.74 Å². The summed E-state index contributed by atoms with van der Waals surface area (Å²) in [6.07, 6.45) is 0. The van der Waals surface area contributed by atoms with Gasteiger partial charge in [-0.15, -0.1) is 0 Å². The van der Waals surface area contributed by atoms with E-state index in [9.17, 15) is 13.2 Å². The van der Waals surface area contributed by atoms with Crippen molar-refractivity contribution in [1.29, 1.82) is 0 Å². The first kappa shape index (κ1) is 18.2. The van der Waals surface area contributed by atoms with Gasteiger partial charge in [0.1, 0.15) is 6.04 Å². The van der Waals surface area contributed by atoms with Crippen LogP contribution in [0.25, 0.3) is 0 Å². The average Bonchev–Trinajstić information content (AvgIpc) is 3.22. The van der Waals surface area contributed by atoms with E-state index in [1.54, 1.807) is 6.92 Å². The maximum absolute atomic E-state index is 12.7. The number of hydrogen-bond acceptors (Lipinski definition) is 4. The second-order valence-electron chi connectivity index (χ2n) is 7.01. The molecule has 128 valence electrons. The van der Waals surface area contributed by atoms with Gasteiger partial charge >= 0.3 is 5.97 Å². The van der Waals surface area contributed by atoms with Crippen LogP contribution in [0.4, 0.5) is 0 Å². The Morgan fingerprint density at radius 1 is 1.22 bits per heavy atom. The van der Waals surface area contributed by atoms with Gasteiger partial charge in [0.05, 0.1) is 18.4 Å². The Bertz CT molecular complexity index is 654. The number of benzene rings is 1. The van der Waals surface area contributed by atoms with Crippen molar-refractivity contribution >= 4 is 24.1 Å². The zero-order chi connectivity index (χ0) is 17.3. The van der Waals surface area contributed by atoms with E-state index in [0.29, 0.717) is 6.04 Å². The number of rotatable bonds is 7. The highest BCUT2D eigenvalue weighted by Gasteiger charge is 2.60. The van der Waals surface area contributed by atoms with Gasteiger partial charge in [-0.05, 0) is 18.5 Å². The van der Waals surface area contributed by atoms with E-state index < -0.39 is 36.2 Å². The lowest BCUT2D eigenvalue weighted by molar-refractivity contribution is -0.143. The number of hydrogen-bond donors (Lipinski definition) is 0. The molecule has 1 aliphatic rings. The van der Waals surface area contributed by atoms with Gasteiger partial charge in [0, 0.05) is 8.07 Å². The van der Waals surface area contributed by atoms with Gasteiger partial charge in [-0.3, -0.25) is 4.79 Å². The summed E-state index contributed by atoms with van der Waals surface area (Å²) in [5.74, 6) is -0.361. The van der Waals surface area contributed by atoms with Crippen molar-refractivity contribution < 1.29 is 17.9 Å². The van der Waals surface area contributed by atoms with Crippen LogP contribution < -0.4 is 0 Å². The van der Waals surface area contributed by atoms with E-state index in [0.717, 1.165) is 5.56 Å². The van der Waals surface area contributed by atoms with Crippen LogP contribution in [0.2, 0.25) is 25.7 Å². The molecule has 1 saturated heterocycles. The molecule has 1 aromatic rings. The number of nitrogens with zero attached hydrogens (tertiary/aromatic N) is 1. The van der Waals surface area contributed by atoms with E-state index >= 15 is 0 Å². The minimum atomic E-state index is -3.46. The molecular formula is C16H25NO4SSi. The van der Waals surface area contributed by atoms with Gasteiger partial charge in [0.15, 0.2) is 0 Å². The Balaban J connectivity index is 2.22. The zero-order valence-corrected chi connectivity index (χ0v) is 16.0. The lowest BCUT2D eigenvalue weighted by Gasteiger charge is -2.16. The lowest BCUT2D eigenvalue weighted by Crippen LogP contribution is -2.28. The molecule has 3 unspecified atom stereocenters. The molecule has 3 atom stereocenters. The third kappa shape index (κ3) is 4.42. The Hall–Kier alpha value is -1.18. The normalized spacial score (nSPS) is 24.3. The maximum atomic E-state index is 12.7. The molecule has 23 heavy (non-hydrogen) atoms. The molecule has 5 nitrogen and oxygen atoms in total. The molecule has 0 radical (unpaired) electrons. The van der Waals surface area contributed by atoms with E-state index in [-0.39, 0.29) is 12.4 Å². The topological polar surface area (TPSA) is 63.5 Å². The van der Waals surface area contributed by atoms with Gasteiger partial charge in [0.2, 0.25) is 10.0 Å². The minimum Gasteiger partial charge on any atom is -0.465 e. The van der Waals surface area contributed by atoms with Crippen molar-refractivity contribution in [2.24, 2.45) is 0 Å². The maximum Gasteiger partial charge on any atom is 0.326 e. The summed E-state index contributed by atoms with van der Waals surface area (Å²) in [5.41, 5.74) is 0.835. The van der Waals surface area contributed by atoms with Gasteiger partial charge in [-0.1, -0.05) is 50.0 Å². The average molecular weight is 356 g/mol. The molecule has 0 saturated carbocycles. The van der Waals surface area contributed by atoms with Crippen LogP contribution in [0.3, 0.4) is 0 Å². The molecule has 1 aliphatic heterocycles.